The van der Waals surface area contributed by atoms with Gasteiger partial charge in [-0.15, -0.1) is 16.9 Å². The number of unbranched alkanes of at least 4 members (excludes halogenated alkanes) is 1. The van der Waals surface area contributed by atoms with E-state index in [0.717, 1.165) is 49.9 Å². The molecular weight excluding hydrogens is 704 g/mol. The minimum absolute atomic E-state index is 0.0293. The number of ether oxygens (including phenoxy) is 5. The molecule has 4 amide bonds. The number of hydrogen-bond donors (Lipinski definition) is 3. The third kappa shape index (κ3) is 10.1. The number of nitrogens with one attached hydrogen (secondary N) is 2. The van der Waals surface area contributed by atoms with E-state index in [0.29, 0.717) is 76.1 Å². The van der Waals surface area contributed by atoms with Crippen molar-refractivity contribution in [3.05, 3.63) is 11.4 Å². The lowest BCUT2D eigenvalue weighted by Gasteiger charge is -2.17. The van der Waals surface area contributed by atoms with Crippen LogP contribution in [-0.4, -0.2) is 131 Å². The highest BCUT2D eigenvalue weighted by molar-refractivity contribution is 8.00. The summed E-state index contributed by atoms with van der Waals surface area (Å²) in [6, 6.07) is -0.346. The Hall–Kier alpha value is -3.52. The van der Waals surface area contributed by atoms with Gasteiger partial charge in [-0.3, -0.25) is 19.2 Å². The highest BCUT2D eigenvalue weighted by Gasteiger charge is 2.51. The summed E-state index contributed by atoms with van der Waals surface area (Å²) < 4.78 is 30.2. The van der Waals surface area contributed by atoms with E-state index in [2.05, 4.69) is 20.9 Å². The molecule has 0 aromatic carbocycles. The number of fused-ring (bicyclic) bond motifs is 3. The smallest absolute Gasteiger partial charge is 0.481 e. The maximum atomic E-state index is 12.0. The SMILES string of the molecule is O=C(O)CCCC[C@H]1S[C@@H](OCCOCCOCCOCCn2nnc3c2CCC2C(CC3)C2COC(=O)ON2C(=O)CCC2=O)[C@@H]2NC(=O)N[C@@H]21. The van der Waals surface area contributed by atoms with E-state index >= 15 is 0 Å². The summed E-state index contributed by atoms with van der Waals surface area (Å²) in [6.45, 7) is 3.75. The number of aromatic nitrogens is 3. The molecule has 3 saturated heterocycles. The molecule has 7 atom stereocenters. The largest absolute Gasteiger partial charge is 0.533 e. The van der Waals surface area contributed by atoms with Crippen LogP contribution in [0.25, 0.3) is 0 Å². The molecule has 19 heteroatoms. The average Bonchev–Trinajstić information content (AvgIpc) is 3.46. The number of nitrogens with zero attached hydrogens (tertiary/aromatic N) is 4. The summed E-state index contributed by atoms with van der Waals surface area (Å²) in [6.07, 6.45) is 4.89. The van der Waals surface area contributed by atoms with Gasteiger partial charge in [0.15, 0.2) is 0 Å². The Morgan fingerprint density at radius 3 is 2.25 bits per heavy atom. The fourth-order valence-corrected chi connectivity index (χ4v) is 9.16. The number of carboxylic acid groups (broad SMARTS) is 1. The van der Waals surface area contributed by atoms with Crippen LogP contribution >= 0.6 is 11.8 Å². The molecule has 1 aromatic rings. The molecule has 4 heterocycles. The van der Waals surface area contributed by atoms with Crippen LogP contribution in [0.5, 0.6) is 0 Å². The van der Waals surface area contributed by atoms with E-state index in [-0.39, 0.29) is 60.6 Å². The van der Waals surface area contributed by atoms with Crippen LogP contribution in [0.2, 0.25) is 0 Å². The molecule has 2 aliphatic carbocycles. The minimum atomic E-state index is -1.03. The standard InChI is InChI=1S/C33H48N6O12S/c40-26-9-10-27(41)39(26)51-33(45)50-19-22-20-5-7-23-24(8-6-21(20)22)38(37-36-23)11-12-46-13-14-47-15-16-48-17-18-49-31-30-29(34-32(44)35-30)25(52-31)3-1-2-4-28(42)43/h20-22,25,29-31H,1-19H2,(H,42,43)(H2,34,35,44)/t20?,21?,22?,25-,29-,30-,31-/m1/s1. The average molecular weight is 753 g/mol. The lowest BCUT2D eigenvalue weighted by atomic mass is 10.0. The molecule has 288 valence electrons. The second-order valence-corrected chi connectivity index (χ2v) is 14.9. The lowest BCUT2D eigenvalue weighted by molar-refractivity contribution is -0.177. The maximum Gasteiger partial charge on any atom is 0.533 e. The number of hydroxylamine groups is 2. The van der Waals surface area contributed by atoms with Crippen molar-refractivity contribution in [3.63, 3.8) is 0 Å². The van der Waals surface area contributed by atoms with Crippen molar-refractivity contribution in [1.29, 1.82) is 0 Å². The van der Waals surface area contributed by atoms with Crippen molar-refractivity contribution in [2.45, 2.75) is 93.5 Å². The van der Waals surface area contributed by atoms with Gasteiger partial charge in [0.2, 0.25) is 0 Å². The van der Waals surface area contributed by atoms with E-state index in [1.807, 2.05) is 4.68 Å². The number of rotatable bonds is 21. The quantitative estimate of drug-likeness (QED) is 0.0700. The van der Waals surface area contributed by atoms with Crippen molar-refractivity contribution in [3.8, 4) is 0 Å². The highest BCUT2D eigenvalue weighted by Crippen LogP contribution is 2.53. The number of hydrogen-bond acceptors (Lipinski definition) is 14. The molecule has 6 rings (SSSR count). The minimum Gasteiger partial charge on any atom is -0.481 e. The Morgan fingerprint density at radius 1 is 0.846 bits per heavy atom. The molecule has 18 nitrogen and oxygen atoms in total. The summed E-state index contributed by atoms with van der Waals surface area (Å²) in [5.41, 5.74) is 1.92. The first-order valence-electron chi connectivity index (χ1n) is 18.2. The second kappa shape index (κ2) is 18.5. The second-order valence-electron chi connectivity index (χ2n) is 13.6. The van der Waals surface area contributed by atoms with Gasteiger partial charge in [0.1, 0.15) is 5.44 Å². The van der Waals surface area contributed by atoms with E-state index in [4.69, 9.17) is 33.6 Å². The van der Waals surface area contributed by atoms with Crippen LogP contribution in [0.15, 0.2) is 0 Å². The fraction of sp³-hybridized carbons (Fsp3) is 0.788. The molecule has 0 spiro atoms. The summed E-state index contributed by atoms with van der Waals surface area (Å²) >= 11 is 1.68. The Labute approximate surface area is 305 Å². The first-order valence-corrected chi connectivity index (χ1v) is 19.1. The number of aryl methyl sites for hydroxylation is 1. The Balaban J connectivity index is 0.773. The number of imide groups is 1. The molecular formula is C33H48N6O12S. The molecule has 1 saturated carbocycles. The van der Waals surface area contributed by atoms with Crippen molar-refractivity contribution in [1.82, 2.24) is 30.7 Å². The molecule has 52 heavy (non-hydrogen) atoms. The van der Waals surface area contributed by atoms with E-state index in [1.54, 1.807) is 11.8 Å². The van der Waals surface area contributed by atoms with Crippen LogP contribution in [0.4, 0.5) is 9.59 Å². The van der Waals surface area contributed by atoms with Gasteiger partial charge in [-0.1, -0.05) is 16.7 Å². The summed E-state index contributed by atoms with van der Waals surface area (Å²) in [5, 5.41) is 24.2. The first-order chi connectivity index (χ1) is 25.3. The zero-order chi connectivity index (χ0) is 36.5. The van der Waals surface area contributed by atoms with Gasteiger partial charge in [0.05, 0.1) is 82.9 Å². The van der Waals surface area contributed by atoms with Crippen molar-refractivity contribution in [2.75, 3.05) is 52.9 Å². The highest BCUT2D eigenvalue weighted by atomic mass is 32.2. The monoisotopic (exact) mass is 752 g/mol. The number of aliphatic carboxylic acids is 1. The summed E-state index contributed by atoms with van der Waals surface area (Å²) in [7, 11) is 0. The number of carbonyl (C=O) groups excluding carboxylic acids is 4. The van der Waals surface area contributed by atoms with Crippen LogP contribution in [0, 0.1) is 17.8 Å². The van der Waals surface area contributed by atoms with E-state index < -0.39 is 23.9 Å². The van der Waals surface area contributed by atoms with E-state index in [1.165, 1.54) is 0 Å². The van der Waals surface area contributed by atoms with Gasteiger partial charge < -0.3 is 39.4 Å². The third-order valence-electron chi connectivity index (χ3n) is 10.2. The van der Waals surface area contributed by atoms with Gasteiger partial charge >= 0.3 is 18.2 Å². The van der Waals surface area contributed by atoms with Crippen LogP contribution in [0.1, 0.15) is 62.8 Å². The lowest BCUT2D eigenvalue weighted by Crippen LogP contribution is -2.40. The molecule has 4 fully saturated rings. The van der Waals surface area contributed by atoms with Crippen molar-refractivity contribution in [2.24, 2.45) is 17.8 Å². The summed E-state index contributed by atoms with van der Waals surface area (Å²) in [4.78, 5) is 62.8. The molecule has 1 aromatic heterocycles. The van der Waals surface area contributed by atoms with Crippen LogP contribution in [0.3, 0.4) is 0 Å². The molecule has 3 unspecified atom stereocenters. The third-order valence-corrected chi connectivity index (χ3v) is 11.8. The van der Waals surface area contributed by atoms with Gasteiger partial charge in [0, 0.05) is 24.5 Å². The maximum absolute atomic E-state index is 12.0. The van der Waals surface area contributed by atoms with Gasteiger partial charge in [-0.2, -0.15) is 0 Å². The molecule has 3 N–H and O–H groups in total. The first kappa shape index (κ1) is 38.2. The van der Waals surface area contributed by atoms with Crippen LogP contribution in [-0.2, 0) is 62.3 Å². The number of amides is 4. The Kier molecular flexibility index (Phi) is 13.6. The Morgan fingerprint density at radius 2 is 1.52 bits per heavy atom. The number of carbonyl (C=O) groups is 5. The van der Waals surface area contributed by atoms with Crippen LogP contribution < -0.4 is 10.6 Å². The zero-order valence-corrected chi connectivity index (χ0v) is 29.9. The summed E-state index contributed by atoms with van der Waals surface area (Å²) in [5.74, 6) is -0.809. The Bertz CT molecular complexity index is 1420. The topological polar surface area (TPSA) is 219 Å². The van der Waals surface area contributed by atoms with Crippen molar-refractivity contribution < 1.29 is 57.6 Å². The fourth-order valence-electron chi connectivity index (χ4n) is 7.53. The van der Waals surface area contributed by atoms with Gasteiger partial charge in [0.25, 0.3) is 11.8 Å². The zero-order valence-electron chi connectivity index (χ0n) is 29.1. The number of carboxylic acids is 1. The number of urea groups is 1. The van der Waals surface area contributed by atoms with E-state index in [9.17, 15) is 24.0 Å². The van der Waals surface area contributed by atoms with Gasteiger partial charge in [-0.25, -0.2) is 14.3 Å². The molecule has 0 radical (unpaired) electrons. The van der Waals surface area contributed by atoms with Crippen molar-refractivity contribution >= 4 is 41.7 Å². The molecule has 0 bridgehead atoms. The normalized spacial score (nSPS) is 27.7. The number of thioether (sulfide) groups is 1. The predicted octanol–water partition coefficient (Wildman–Crippen LogP) is 1.44. The predicted molar refractivity (Wildman–Crippen MR) is 180 cm³/mol. The van der Waals surface area contributed by atoms with Gasteiger partial charge in [-0.05, 0) is 56.3 Å². The molecule has 3 aliphatic heterocycles. The molecule has 5 aliphatic rings.